The van der Waals surface area contributed by atoms with Gasteiger partial charge in [-0.05, 0) is 24.3 Å². The first-order valence-electron chi connectivity index (χ1n) is 8.88. The first-order chi connectivity index (χ1) is 13.7. The molecule has 142 valence electrons. The summed E-state index contributed by atoms with van der Waals surface area (Å²) in [5, 5.41) is 6.88. The number of para-hydroxylation sites is 1. The molecule has 1 N–H and O–H groups in total. The van der Waals surface area contributed by atoms with Crippen molar-refractivity contribution >= 4 is 11.6 Å². The molecule has 3 aromatic heterocycles. The van der Waals surface area contributed by atoms with Crippen molar-refractivity contribution < 1.29 is 14.1 Å². The number of pyridine rings is 1. The van der Waals surface area contributed by atoms with Crippen molar-refractivity contribution in [2.45, 2.75) is 19.4 Å². The minimum Gasteiger partial charge on any atom is -0.496 e. The number of imidazole rings is 1. The van der Waals surface area contributed by atoms with Crippen LogP contribution in [0.3, 0.4) is 0 Å². The van der Waals surface area contributed by atoms with Crippen LogP contribution >= 0.6 is 0 Å². The molecule has 0 aliphatic rings. The van der Waals surface area contributed by atoms with E-state index < -0.39 is 0 Å². The van der Waals surface area contributed by atoms with E-state index in [0.717, 1.165) is 16.9 Å². The van der Waals surface area contributed by atoms with Crippen LogP contribution in [0.15, 0.2) is 59.4 Å². The van der Waals surface area contributed by atoms with Crippen LogP contribution in [0.25, 0.3) is 17.0 Å². The maximum absolute atomic E-state index is 12.2. The van der Waals surface area contributed by atoms with Gasteiger partial charge in [0.05, 0.1) is 31.1 Å². The first-order valence-corrected chi connectivity index (χ1v) is 8.88. The summed E-state index contributed by atoms with van der Waals surface area (Å²) in [6.07, 6.45) is 4.29. The van der Waals surface area contributed by atoms with Crippen LogP contribution in [0.1, 0.15) is 18.0 Å². The molecule has 4 rings (SSSR count). The van der Waals surface area contributed by atoms with Crippen molar-refractivity contribution in [3.63, 3.8) is 0 Å². The van der Waals surface area contributed by atoms with Crippen LogP contribution < -0.4 is 10.1 Å². The number of aromatic nitrogens is 4. The lowest BCUT2D eigenvalue weighted by atomic mass is 10.2. The largest absolute Gasteiger partial charge is 0.496 e. The van der Waals surface area contributed by atoms with Gasteiger partial charge in [0, 0.05) is 19.0 Å². The molecule has 4 aromatic rings. The van der Waals surface area contributed by atoms with Crippen LogP contribution in [-0.2, 0) is 17.8 Å². The van der Waals surface area contributed by atoms with Gasteiger partial charge in [-0.2, -0.15) is 4.98 Å². The van der Waals surface area contributed by atoms with Gasteiger partial charge in [-0.15, -0.1) is 0 Å². The standard InChI is InChI=1S/C20H19N5O3/c1-27-16-7-3-2-6-15(16)20-23-19(28-24-20)10-9-18(26)22-13-14-12-21-17-8-4-5-11-25(14)17/h2-8,11-12H,9-10,13H2,1H3,(H,22,26). The number of benzene rings is 1. The lowest BCUT2D eigenvalue weighted by Gasteiger charge is -2.04. The Kier molecular flexibility index (Phi) is 5.01. The average molecular weight is 377 g/mol. The monoisotopic (exact) mass is 377 g/mol. The molecule has 0 aliphatic carbocycles. The Morgan fingerprint density at radius 1 is 1.21 bits per heavy atom. The van der Waals surface area contributed by atoms with E-state index in [9.17, 15) is 4.79 Å². The van der Waals surface area contributed by atoms with Crippen molar-refractivity contribution in [1.29, 1.82) is 0 Å². The number of carbonyl (C=O) groups excluding carboxylic acids is 1. The molecule has 0 fully saturated rings. The molecule has 0 radical (unpaired) electrons. The number of amides is 1. The molecule has 0 bridgehead atoms. The van der Waals surface area contributed by atoms with Crippen LogP contribution in [0, 0.1) is 0 Å². The number of rotatable bonds is 7. The van der Waals surface area contributed by atoms with Gasteiger partial charge in [-0.25, -0.2) is 4.98 Å². The highest BCUT2D eigenvalue weighted by molar-refractivity contribution is 5.76. The fraction of sp³-hybridized carbons (Fsp3) is 0.200. The van der Waals surface area contributed by atoms with E-state index in [1.807, 2.05) is 53.1 Å². The second kappa shape index (κ2) is 7.91. The summed E-state index contributed by atoms with van der Waals surface area (Å²) < 4.78 is 12.5. The van der Waals surface area contributed by atoms with Gasteiger partial charge in [0.15, 0.2) is 0 Å². The molecule has 8 heteroatoms. The highest BCUT2D eigenvalue weighted by Gasteiger charge is 2.14. The molecule has 3 heterocycles. The van der Waals surface area contributed by atoms with E-state index >= 15 is 0 Å². The maximum atomic E-state index is 12.2. The van der Waals surface area contributed by atoms with Crippen LogP contribution in [0.2, 0.25) is 0 Å². The third kappa shape index (κ3) is 3.71. The molecule has 1 amide bonds. The predicted octanol–water partition coefficient (Wildman–Crippen LogP) is 2.64. The summed E-state index contributed by atoms with van der Waals surface area (Å²) >= 11 is 0. The highest BCUT2D eigenvalue weighted by atomic mass is 16.5. The third-order valence-electron chi connectivity index (χ3n) is 4.34. The predicted molar refractivity (Wildman–Crippen MR) is 102 cm³/mol. The fourth-order valence-electron chi connectivity index (χ4n) is 2.91. The Bertz CT molecular complexity index is 1100. The van der Waals surface area contributed by atoms with E-state index in [-0.39, 0.29) is 12.3 Å². The Morgan fingerprint density at radius 3 is 2.96 bits per heavy atom. The van der Waals surface area contributed by atoms with Crippen molar-refractivity contribution in [1.82, 2.24) is 24.8 Å². The molecule has 1 aromatic carbocycles. The second-order valence-electron chi connectivity index (χ2n) is 6.17. The topological polar surface area (TPSA) is 94.5 Å². The van der Waals surface area contributed by atoms with Gasteiger partial charge in [0.25, 0.3) is 0 Å². The van der Waals surface area contributed by atoms with E-state index in [1.54, 1.807) is 13.3 Å². The quantitative estimate of drug-likeness (QED) is 0.532. The Labute approximate surface area is 161 Å². The number of aryl methyl sites for hydroxylation is 1. The van der Waals surface area contributed by atoms with E-state index in [4.69, 9.17) is 9.26 Å². The van der Waals surface area contributed by atoms with Crippen molar-refractivity contribution in [3.05, 3.63) is 66.4 Å². The zero-order valence-electron chi connectivity index (χ0n) is 15.3. The summed E-state index contributed by atoms with van der Waals surface area (Å²) in [4.78, 5) is 20.8. The molecular formula is C20H19N5O3. The van der Waals surface area contributed by atoms with Gasteiger partial charge < -0.3 is 19.0 Å². The molecule has 0 aliphatic heterocycles. The SMILES string of the molecule is COc1ccccc1-c1noc(CCC(=O)NCc2cnc3ccccn23)n1. The summed E-state index contributed by atoms with van der Waals surface area (Å²) in [5.41, 5.74) is 2.51. The van der Waals surface area contributed by atoms with Crippen molar-refractivity contribution in [2.24, 2.45) is 0 Å². The number of nitrogens with zero attached hydrogens (tertiary/aromatic N) is 4. The molecular weight excluding hydrogens is 358 g/mol. The summed E-state index contributed by atoms with van der Waals surface area (Å²) in [6, 6.07) is 13.2. The molecule has 8 nitrogen and oxygen atoms in total. The minimum atomic E-state index is -0.0945. The Morgan fingerprint density at radius 2 is 2.07 bits per heavy atom. The zero-order chi connectivity index (χ0) is 19.3. The number of carbonyl (C=O) groups is 1. The van der Waals surface area contributed by atoms with Crippen LogP contribution in [0.4, 0.5) is 0 Å². The Hall–Kier alpha value is -3.68. The summed E-state index contributed by atoms with van der Waals surface area (Å²) in [7, 11) is 1.59. The smallest absolute Gasteiger partial charge is 0.227 e. The van der Waals surface area contributed by atoms with Gasteiger partial charge in [0.1, 0.15) is 11.4 Å². The third-order valence-corrected chi connectivity index (χ3v) is 4.34. The van der Waals surface area contributed by atoms with Crippen molar-refractivity contribution in [2.75, 3.05) is 7.11 Å². The minimum absolute atomic E-state index is 0.0945. The number of ether oxygens (including phenoxy) is 1. The number of methoxy groups -OCH3 is 1. The van der Waals surface area contributed by atoms with E-state index in [1.165, 1.54) is 0 Å². The zero-order valence-corrected chi connectivity index (χ0v) is 15.3. The van der Waals surface area contributed by atoms with E-state index in [0.29, 0.717) is 30.4 Å². The number of nitrogens with one attached hydrogen (secondary N) is 1. The lowest BCUT2D eigenvalue weighted by molar-refractivity contribution is -0.121. The number of fused-ring (bicyclic) bond motifs is 1. The maximum Gasteiger partial charge on any atom is 0.227 e. The highest BCUT2D eigenvalue weighted by Crippen LogP contribution is 2.27. The Balaban J connectivity index is 1.33. The van der Waals surface area contributed by atoms with E-state index in [2.05, 4.69) is 20.4 Å². The van der Waals surface area contributed by atoms with Gasteiger partial charge in [-0.3, -0.25) is 4.79 Å². The first kappa shape index (κ1) is 17.7. The summed E-state index contributed by atoms with van der Waals surface area (Å²) in [6.45, 7) is 0.403. The molecule has 0 unspecified atom stereocenters. The number of hydrogen-bond acceptors (Lipinski definition) is 6. The summed E-state index contributed by atoms with van der Waals surface area (Å²) in [5.74, 6) is 1.42. The average Bonchev–Trinajstić information content (AvgIpc) is 3.38. The normalized spacial score (nSPS) is 10.9. The van der Waals surface area contributed by atoms with Crippen molar-refractivity contribution in [3.8, 4) is 17.1 Å². The second-order valence-corrected chi connectivity index (χ2v) is 6.17. The van der Waals surface area contributed by atoms with Gasteiger partial charge >= 0.3 is 0 Å². The van der Waals surface area contributed by atoms with Gasteiger partial charge in [-0.1, -0.05) is 23.4 Å². The molecule has 0 saturated carbocycles. The van der Waals surface area contributed by atoms with Crippen LogP contribution in [0.5, 0.6) is 5.75 Å². The molecule has 0 saturated heterocycles. The molecule has 28 heavy (non-hydrogen) atoms. The number of hydrogen-bond donors (Lipinski definition) is 1. The molecule has 0 spiro atoms. The lowest BCUT2D eigenvalue weighted by Crippen LogP contribution is -2.23. The molecule has 0 atom stereocenters. The van der Waals surface area contributed by atoms with Crippen LogP contribution in [-0.4, -0.2) is 32.5 Å². The fourth-order valence-corrected chi connectivity index (χ4v) is 2.91. The van der Waals surface area contributed by atoms with Gasteiger partial charge in [0.2, 0.25) is 17.6 Å².